The fourth-order valence-electron chi connectivity index (χ4n) is 2.88. The van der Waals surface area contributed by atoms with E-state index in [1.165, 1.54) is 0 Å². The highest BCUT2D eigenvalue weighted by atomic mass is 16.1. The van der Waals surface area contributed by atoms with Crippen molar-refractivity contribution in [1.82, 2.24) is 9.78 Å². The van der Waals surface area contributed by atoms with Gasteiger partial charge in [-0.15, -0.1) is 0 Å². The van der Waals surface area contributed by atoms with E-state index in [1.54, 1.807) is 4.68 Å². The smallest absolute Gasteiger partial charge is 0.274 e. The monoisotopic (exact) mass is 306 g/mol. The molecule has 0 amide bonds. The van der Waals surface area contributed by atoms with Gasteiger partial charge in [-0.3, -0.25) is 14.6 Å². The minimum absolute atomic E-state index is 0.0582. The maximum absolute atomic E-state index is 12.9. The molecule has 3 rings (SSSR count). The van der Waals surface area contributed by atoms with Crippen LogP contribution in [0, 0.1) is 6.92 Å². The number of nitrogens with zero attached hydrogens (tertiary/aromatic N) is 1. The van der Waals surface area contributed by atoms with Crippen molar-refractivity contribution < 1.29 is 0 Å². The van der Waals surface area contributed by atoms with Crippen molar-refractivity contribution in [2.24, 2.45) is 0 Å². The SMILES string of the molecule is CCCCn1[nH]c(-c2ccccc2C)c(-c2ccccc2)c1=O. The van der Waals surface area contributed by atoms with Gasteiger partial charge in [0, 0.05) is 12.1 Å². The molecule has 118 valence electrons. The molecule has 2 aromatic carbocycles. The van der Waals surface area contributed by atoms with Gasteiger partial charge in [0.1, 0.15) is 0 Å². The van der Waals surface area contributed by atoms with E-state index >= 15 is 0 Å². The van der Waals surface area contributed by atoms with Crippen LogP contribution >= 0.6 is 0 Å². The number of aryl methyl sites for hydroxylation is 2. The lowest BCUT2D eigenvalue weighted by molar-refractivity contribution is 0.559. The molecule has 23 heavy (non-hydrogen) atoms. The van der Waals surface area contributed by atoms with Crippen LogP contribution in [0.5, 0.6) is 0 Å². The van der Waals surface area contributed by atoms with E-state index < -0.39 is 0 Å². The summed E-state index contributed by atoms with van der Waals surface area (Å²) in [6, 6.07) is 18.1. The second-order valence-corrected chi connectivity index (χ2v) is 5.85. The van der Waals surface area contributed by atoms with Crippen molar-refractivity contribution in [3.63, 3.8) is 0 Å². The molecule has 0 radical (unpaired) electrons. The van der Waals surface area contributed by atoms with Crippen molar-refractivity contribution in [2.75, 3.05) is 0 Å². The summed E-state index contributed by atoms with van der Waals surface area (Å²) in [5, 5.41) is 3.34. The highest BCUT2D eigenvalue weighted by Crippen LogP contribution is 2.30. The van der Waals surface area contributed by atoms with E-state index in [-0.39, 0.29) is 5.56 Å². The molecule has 0 aliphatic heterocycles. The van der Waals surface area contributed by atoms with Crippen LogP contribution in [0.15, 0.2) is 59.4 Å². The molecular weight excluding hydrogens is 284 g/mol. The zero-order valence-electron chi connectivity index (χ0n) is 13.7. The number of aromatic amines is 1. The summed E-state index contributed by atoms with van der Waals surface area (Å²) in [6.45, 7) is 4.93. The summed E-state index contributed by atoms with van der Waals surface area (Å²) >= 11 is 0. The van der Waals surface area contributed by atoms with Crippen molar-refractivity contribution in [1.29, 1.82) is 0 Å². The molecule has 0 aliphatic rings. The number of benzene rings is 2. The Morgan fingerprint density at radius 3 is 2.39 bits per heavy atom. The van der Waals surface area contributed by atoms with Gasteiger partial charge in [0.25, 0.3) is 5.56 Å². The van der Waals surface area contributed by atoms with E-state index in [4.69, 9.17) is 0 Å². The highest BCUT2D eigenvalue weighted by molar-refractivity contribution is 5.81. The fraction of sp³-hybridized carbons (Fsp3) is 0.250. The maximum atomic E-state index is 12.9. The quantitative estimate of drug-likeness (QED) is 0.734. The molecule has 3 nitrogen and oxygen atoms in total. The van der Waals surface area contributed by atoms with E-state index in [0.29, 0.717) is 0 Å². The van der Waals surface area contributed by atoms with Crippen molar-refractivity contribution in [3.05, 3.63) is 70.5 Å². The van der Waals surface area contributed by atoms with Crippen LogP contribution < -0.4 is 5.56 Å². The van der Waals surface area contributed by atoms with Crippen molar-refractivity contribution in [2.45, 2.75) is 33.2 Å². The van der Waals surface area contributed by atoms with Gasteiger partial charge in [-0.2, -0.15) is 0 Å². The first-order chi connectivity index (χ1) is 11.2. The first-order valence-corrected chi connectivity index (χ1v) is 8.16. The van der Waals surface area contributed by atoms with Crippen LogP contribution in [0.4, 0.5) is 0 Å². The predicted molar refractivity (Wildman–Crippen MR) is 95.6 cm³/mol. The number of nitrogens with one attached hydrogen (secondary N) is 1. The Bertz CT molecular complexity index is 844. The number of H-pyrrole nitrogens is 1. The number of aromatic nitrogens is 2. The molecular formula is C20H22N2O. The van der Waals surface area contributed by atoms with Gasteiger partial charge in [0.2, 0.25) is 0 Å². The third-order valence-corrected chi connectivity index (χ3v) is 4.17. The first kappa shape index (κ1) is 15.3. The normalized spacial score (nSPS) is 10.9. The predicted octanol–water partition coefficient (Wildman–Crippen LogP) is 4.62. The summed E-state index contributed by atoms with van der Waals surface area (Å²) in [4.78, 5) is 12.9. The summed E-state index contributed by atoms with van der Waals surface area (Å²) in [7, 11) is 0. The van der Waals surface area contributed by atoms with Gasteiger partial charge in [0.15, 0.2) is 0 Å². The lowest BCUT2D eigenvalue weighted by Gasteiger charge is -2.06. The Kier molecular flexibility index (Phi) is 4.47. The molecule has 0 saturated heterocycles. The largest absolute Gasteiger partial charge is 0.294 e. The summed E-state index contributed by atoms with van der Waals surface area (Å²) in [5.41, 5.74) is 4.93. The standard InChI is InChI=1S/C20H22N2O/c1-3-4-14-22-20(23)18(16-11-6-5-7-12-16)19(21-22)17-13-9-8-10-15(17)2/h5-13,21H,3-4,14H2,1-2H3. The van der Waals surface area contributed by atoms with Gasteiger partial charge in [0.05, 0.1) is 11.3 Å². The van der Waals surface area contributed by atoms with Gasteiger partial charge >= 0.3 is 0 Å². The van der Waals surface area contributed by atoms with Crippen LogP contribution in [-0.2, 0) is 6.54 Å². The molecule has 0 bridgehead atoms. The highest BCUT2D eigenvalue weighted by Gasteiger charge is 2.18. The van der Waals surface area contributed by atoms with Crippen LogP contribution in [0.1, 0.15) is 25.3 Å². The summed E-state index contributed by atoms with van der Waals surface area (Å²) in [6.07, 6.45) is 2.05. The fourth-order valence-corrected chi connectivity index (χ4v) is 2.88. The molecule has 0 fully saturated rings. The molecule has 1 heterocycles. The number of rotatable bonds is 5. The number of hydrogen-bond donors (Lipinski definition) is 1. The lowest BCUT2D eigenvalue weighted by Crippen LogP contribution is -2.17. The van der Waals surface area contributed by atoms with Crippen LogP contribution in [0.25, 0.3) is 22.4 Å². The van der Waals surface area contributed by atoms with Gasteiger partial charge < -0.3 is 0 Å². The van der Waals surface area contributed by atoms with Crippen LogP contribution in [0.2, 0.25) is 0 Å². The molecule has 3 aromatic rings. The third kappa shape index (κ3) is 3.00. The van der Waals surface area contributed by atoms with Gasteiger partial charge in [-0.25, -0.2) is 0 Å². The Morgan fingerprint density at radius 1 is 1.00 bits per heavy atom. The van der Waals surface area contributed by atoms with Crippen molar-refractivity contribution in [3.8, 4) is 22.4 Å². The summed E-state index contributed by atoms with van der Waals surface area (Å²) in [5.74, 6) is 0. The third-order valence-electron chi connectivity index (χ3n) is 4.17. The Hall–Kier alpha value is -2.55. The lowest BCUT2D eigenvalue weighted by atomic mass is 9.99. The molecule has 0 atom stereocenters. The molecule has 0 spiro atoms. The maximum Gasteiger partial charge on any atom is 0.274 e. The average Bonchev–Trinajstić information content (AvgIpc) is 2.90. The minimum atomic E-state index is 0.0582. The second-order valence-electron chi connectivity index (χ2n) is 5.85. The minimum Gasteiger partial charge on any atom is -0.294 e. The first-order valence-electron chi connectivity index (χ1n) is 8.16. The number of hydrogen-bond acceptors (Lipinski definition) is 1. The molecule has 1 N–H and O–H groups in total. The van der Waals surface area contributed by atoms with E-state index in [9.17, 15) is 4.79 Å². The van der Waals surface area contributed by atoms with Gasteiger partial charge in [-0.1, -0.05) is 67.9 Å². The van der Waals surface area contributed by atoms with Crippen LogP contribution in [0.3, 0.4) is 0 Å². The average molecular weight is 306 g/mol. The van der Waals surface area contributed by atoms with E-state index in [0.717, 1.165) is 47.3 Å². The number of unbranched alkanes of at least 4 members (excludes halogenated alkanes) is 1. The van der Waals surface area contributed by atoms with E-state index in [1.807, 2.05) is 42.5 Å². The van der Waals surface area contributed by atoms with Crippen LogP contribution in [-0.4, -0.2) is 9.78 Å². The van der Waals surface area contributed by atoms with Gasteiger partial charge in [-0.05, 0) is 24.5 Å². The summed E-state index contributed by atoms with van der Waals surface area (Å²) < 4.78 is 1.74. The van der Waals surface area contributed by atoms with E-state index in [2.05, 4.69) is 31.1 Å². The Balaban J connectivity index is 2.22. The molecule has 0 unspecified atom stereocenters. The Labute approximate surface area is 136 Å². The molecule has 1 aromatic heterocycles. The zero-order chi connectivity index (χ0) is 16.2. The molecule has 0 saturated carbocycles. The second kappa shape index (κ2) is 6.69. The molecule has 0 aliphatic carbocycles. The molecule has 3 heteroatoms. The zero-order valence-corrected chi connectivity index (χ0v) is 13.7. The van der Waals surface area contributed by atoms with Crippen molar-refractivity contribution >= 4 is 0 Å². The Morgan fingerprint density at radius 2 is 1.70 bits per heavy atom. The topological polar surface area (TPSA) is 37.8 Å².